The van der Waals surface area contributed by atoms with Gasteiger partial charge in [0.15, 0.2) is 5.65 Å². The van der Waals surface area contributed by atoms with Gasteiger partial charge in [-0.15, -0.1) is 0 Å². The monoisotopic (exact) mass is 323 g/mol. The Labute approximate surface area is 116 Å². The lowest BCUT2D eigenvalue weighted by Crippen LogP contribution is -1.96. The molecule has 0 radical (unpaired) electrons. The third-order valence-corrected chi connectivity index (χ3v) is 3.09. The Kier molecular flexibility index (Phi) is 2.89. The van der Waals surface area contributed by atoms with Crippen molar-refractivity contribution < 1.29 is 0 Å². The molecule has 5 nitrogen and oxygen atoms in total. The van der Waals surface area contributed by atoms with Gasteiger partial charge >= 0.3 is 0 Å². The summed E-state index contributed by atoms with van der Waals surface area (Å²) < 4.78 is 1.02. The number of aromatic amines is 1. The molecule has 0 saturated heterocycles. The van der Waals surface area contributed by atoms with E-state index < -0.39 is 0 Å². The van der Waals surface area contributed by atoms with Gasteiger partial charge in [-0.3, -0.25) is 5.10 Å². The van der Waals surface area contributed by atoms with Crippen molar-refractivity contribution in [1.82, 2.24) is 20.2 Å². The van der Waals surface area contributed by atoms with E-state index in [0.29, 0.717) is 11.5 Å². The number of aromatic nitrogens is 4. The second-order valence-electron chi connectivity index (χ2n) is 3.61. The Hall–Kier alpha value is -1.66. The Balaban J connectivity index is 2.03. The van der Waals surface area contributed by atoms with E-state index in [1.165, 1.54) is 0 Å². The smallest absolute Gasteiger partial charge is 0.226 e. The third kappa shape index (κ3) is 2.16. The lowest BCUT2D eigenvalue weighted by molar-refractivity contribution is 1.09. The second-order valence-corrected chi connectivity index (χ2v) is 4.86. The lowest BCUT2D eigenvalue weighted by Gasteiger charge is -2.06. The maximum atomic E-state index is 5.85. The summed E-state index contributed by atoms with van der Waals surface area (Å²) in [6, 6.07) is 7.76. The van der Waals surface area contributed by atoms with Crippen molar-refractivity contribution in [2.75, 3.05) is 5.32 Å². The minimum absolute atomic E-state index is 0.173. The molecule has 3 aromatic rings. The molecule has 3 rings (SSSR count). The zero-order chi connectivity index (χ0) is 12.5. The van der Waals surface area contributed by atoms with Gasteiger partial charge in [0.25, 0.3) is 0 Å². The molecule has 0 unspecified atom stereocenters. The van der Waals surface area contributed by atoms with Crippen LogP contribution >= 0.6 is 27.5 Å². The molecule has 0 atom stereocenters. The first-order valence-corrected chi connectivity index (χ1v) is 6.29. The van der Waals surface area contributed by atoms with Crippen LogP contribution in [-0.2, 0) is 0 Å². The highest BCUT2D eigenvalue weighted by Crippen LogP contribution is 2.24. The molecule has 0 fully saturated rings. The number of H-pyrrole nitrogens is 1. The molecular formula is C11H7BrClN5. The Morgan fingerprint density at radius 2 is 1.94 bits per heavy atom. The molecule has 2 N–H and O–H groups in total. The third-order valence-electron chi connectivity index (χ3n) is 2.39. The predicted octanol–water partition coefficient (Wildman–Crippen LogP) is 3.51. The van der Waals surface area contributed by atoms with Crippen LogP contribution in [0.15, 0.2) is 34.9 Å². The number of hydrogen-bond acceptors (Lipinski definition) is 4. The molecule has 1 aromatic carbocycles. The number of nitrogens with one attached hydrogen (secondary N) is 2. The summed E-state index contributed by atoms with van der Waals surface area (Å²) in [6.45, 7) is 0. The van der Waals surface area contributed by atoms with E-state index in [1.54, 1.807) is 6.20 Å². The van der Waals surface area contributed by atoms with Gasteiger partial charge in [0.05, 0.1) is 11.6 Å². The maximum Gasteiger partial charge on any atom is 0.226 e. The maximum absolute atomic E-state index is 5.85. The number of hydrogen-bond donors (Lipinski definition) is 2. The van der Waals surface area contributed by atoms with Crippen LogP contribution in [0.4, 0.5) is 11.5 Å². The van der Waals surface area contributed by atoms with E-state index in [2.05, 4.69) is 41.4 Å². The van der Waals surface area contributed by atoms with Gasteiger partial charge in [0, 0.05) is 10.2 Å². The zero-order valence-electron chi connectivity index (χ0n) is 8.98. The molecule has 0 aliphatic heterocycles. The molecule has 90 valence electrons. The Bertz CT molecular complexity index is 694. The number of rotatable bonds is 2. The lowest BCUT2D eigenvalue weighted by atomic mass is 10.3. The van der Waals surface area contributed by atoms with E-state index in [-0.39, 0.29) is 5.28 Å². The van der Waals surface area contributed by atoms with E-state index in [4.69, 9.17) is 11.6 Å². The van der Waals surface area contributed by atoms with Gasteiger partial charge in [0.2, 0.25) is 5.28 Å². The van der Waals surface area contributed by atoms with E-state index in [1.807, 2.05) is 24.3 Å². The SMILES string of the molecule is Clc1nc(Nc2ccc(Br)cc2)c2cn[nH]c2n1. The summed E-state index contributed by atoms with van der Waals surface area (Å²) in [5.74, 6) is 0.626. The predicted molar refractivity (Wildman–Crippen MR) is 74.1 cm³/mol. The topological polar surface area (TPSA) is 66.5 Å². The number of halogens is 2. The first-order valence-electron chi connectivity index (χ1n) is 5.11. The quantitative estimate of drug-likeness (QED) is 0.708. The fourth-order valence-electron chi connectivity index (χ4n) is 1.57. The van der Waals surface area contributed by atoms with E-state index >= 15 is 0 Å². The first-order chi connectivity index (χ1) is 8.72. The van der Waals surface area contributed by atoms with Crippen LogP contribution in [0.2, 0.25) is 5.28 Å². The van der Waals surface area contributed by atoms with Crippen molar-refractivity contribution in [3.8, 4) is 0 Å². The number of fused-ring (bicyclic) bond motifs is 1. The Morgan fingerprint density at radius 3 is 2.72 bits per heavy atom. The summed E-state index contributed by atoms with van der Waals surface area (Å²) in [7, 11) is 0. The van der Waals surface area contributed by atoms with Gasteiger partial charge in [-0.25, -0.2) is 0 Å². The minimum Gasteiger partial charge on any atom is -0.339 e. The summed E-state index contributed by atoms with van der Waals surface area (Å²) in [6.07, 6.45) is 1.66. The molecule has 0 bridgehead atoms. The van der Waals surface area contributed by atoms with Crippen molar-refractivity contribution in [3.63, 3.8) is 0 Å². The number of benzene rings is 1. The van der Waals surface area contributed by atoms with Gasteiger partial charge in [0.1, 0.15) is 5.82 Å². The highest BCUT2D eigenvalue weighted by atomic mass is 79.9. The fourth-order valence-corrected chi connectivity index (χ4v) is 2.01. The van der Waals surface area contributed by atoms with Crippen LogP contribution in [0.3, 0.4) is 0 Å². The van der Waals surface area contributed by atoms with Gasteiger partial charge in [-0.2, -0.15) is 15.1 Å². The second kappa shape index (κ2) is 4.55. The molecule has 7 heteroatoms. The molecule has 0 amide bonds. The largest absolute Gasteiger partial charge is 0.339 e. The van der Waals surface area contributed by atoms with Crippen molar-refractivity contribution >= 4 is 50.1 Å². The molecule has 0 aliphatic rings. The summed E-state index contributed by atoms with van der Waals surface area (Å²) >= 11 is 9.24. The van der Waals surface area contributed by atoms with Gasteiger partial charge in [-0.05, 0) is 35.9 Å². The van der Waals surface area contributed by atoms with Crippen molar-refractivity contribution in [2.24, 2.45) is 0 Å². The van der Waals surface area contributed by atoms with Gasteiger partial charge in [-0.1, -0.05) is 15.9 Å². The zero-order valence-corrected chi connectivity index (χ0v) is 11.3. The highest BCUT2D eigenvalue weighted by molar-refractivity contribution is 9.10. The molecule has 0 spiro atoms. The van der Waals surface area contributed by atoms with Gasteiger partial charge < -0.3 is 5.32 Å². The summed E-state index contributed by atoms with van der Waals surface area (Å²) in [4.78, 5) is 8.20. The summed E-state index contributed by atoms with van der Waals surface area (Å²) in [5, 5.41) is 10.8. The van der Waals surface area contributed by atoms with Crippen LogP contribution in [0.25, 0.3) is 11.0 Å². The average Bonchev–Trinajstić information content (AvgIpc) is 2.80. The molecule has 0 aliphatic carbocycles. The van der Waals surface area contributed by atoms with Crippen LogP contribution in [0.1, 0.15) is 0 Å². The minimum atomic E-state index is 0.173. The van der Waals surface area contributed by atoms with Crippen LogP contribution < -0.4 is 5.32 Å². The molecule has 18 heavy (non-hydrogen) atoms. The molecule has 2 aromatic heterocycles. The number of nitrogens with zero attached hydrogens (tertiary/aromatic N) is 3. The van der Waals surface area contributed by atoms with Crippen molar-refractivity contribution in [2.45, 2.75) is 0 Å². The van der Waals surface area contributed by atoms with Crippen LogP contribution in [0, 0.1) is 0 Å². The van der Waals surface area contributed by atoms with E-state index in [0.717, 1.165) is 15.5 Å². The van der Waals surface area contributed by atoms with Crippen molar-refractivity contribution in [1.29, 1.82) is 0 Å². The Morgan fingerprint density at radius 1 is 1.17 bits per heavy atom. The number of anilines is 2. The van der Waals surface area contributed by atoms with Crippen molar-refractivity contribution in [3.05, 3.63) is 40.2 Å². The normalized spacial score (nSPS) is 10.8. The standard InChI is InChI=1S/C11H7BrClN5/c12-6-1-3-7(4-2-6)15-9-8-5-14-18-10(8)17-11(13)16-9/h1-5H,(H2,14,15,16,17,18). The molecule has 0 saturated carbocycles. The van der Waals surface area contributed by atoms with Crippen LogP contribution in [0.5, 0.6) is 0 Å². The van der Waals surface area contributed by atoms with Crippen LogP contribution in [-0.4, -0.2) is 20.2 Å². The summed E-state index contributed by atoms with van der Waals surface area (Å²) in [5.41, 5.74) is 1.52. The van der Waals surface area contributed by atoms with E-state index in [9.17, 15) is 0 Å². The average molecular weight is 325 g/mol. The molecular weight excluding hydrogens is 318 g/mol. The fraction of sp³-hybridized carbons (Fsp3) is 0. The first kappa shape index (κ1) is 11.4. The molecule has 2 heterocycles. The highest BCUT2D eigenvalue weighted by Gasteiger charge is 2.08.